The number of carbonyl (C=O) groups is 1. The van der Waals surface area contributed by atoms with Gasteiger partial charge in [-0.05, 0) is 24.6 Å². The number of hydrogen-bond donors (Lipinski definition) is 0. The number of ketones is 1. The standard InChI is InChI=1S/C9H17BO/c1-2-6-9(10)7-4-3-5-8(9)11/h2-7,10H2,1H3. The molecule has 11 heavy (non-hydrogen) atoms. The van der Waals surface area contributed by atoms with Gasteiger partial charge in [0.15, 0.2) is 0 Å². The molecule has 0 aromatic carbocycles. The van der Waals surface area contributed by atoms with Gasteiger partial charge in [-0.15, -0.1) is 0 Å². The van der Waals surface area contributed by atoms with E-state index in [0.29, 0.717) is 5.78 Å². The first-order valence-corrected chi connectivity index (χ1v) is 4.72. The van der Waals surface area contributed by atoms with Crippen LogP contribution in [0.4, 0.5) is 0 Å². The van der Waals surface area contributed by atoms with Crippen molar-refractivity contribution in [2.24, 2.45) is 0 Å². The Labute approximate surface area is 70.0 Å². The smallest absolute Gasteiger partial charge is 0.131 e. The molecule has 1 atom stereocenters. The van der Waals surface area contributed by atoms with Crippen molar-refractivity contribution in [3.8, 4) is 0 Å². The zero-order valence-electron chi connectivity index (χ0n) is 7.65. The molecular formula is C9H17BO. The number of carbonyl (C=O) groups excluding carboxylic acids is 1. The minimum atomic E-state index is 0.0486. The van der Waals surface area contributed by atoms with Gasteiger partial charge in [-0.2, -0.15) is 0 Å². The SMILES string of the molecule is BC1(CCC)CCCCC1=O. The second-order valence-corrected chi connectivity index (χ2v) is 3.94. The highest BCUT2D eigenvalue weighted by Gasteiger charge is 2.33. The topological polar surface area (TPSA) is 17.1 Å². The molecule has 1 nitrogen and oxygen atoms in total. The van der Waals surface area contributed by atoms with Crippen LogP contribution in [0.5, 0.6) is 0 Å². The molecule has 0 bridgehead atoms. The van der Waals surface area contributed by atoms with E-state index < -0.39 is 0 Å². The summed E-state index contributed by atoms with van der Waals surface area (Å²) < 4.78 is 0. The monoisotopic (exact) mass is 152 g/mol. The molecule has 0 radical (unpaired) electrons. The lowest BCUT2D eigenvalue weighted by atomic mass is 9.57. The molecule has 1 unspecified atom stereocenters. The van der Waals surface area contributed by atoms with Crippen LogP contribution < -0.4 is 0 Å². The molecular weight excluding hydrogens is 135 g/mol. The molecule has 0 N–H and O–H groups in total. The zero-order chi connectivity index (χ0) is 8.32. The van der Waals surface area contributed by atoms with Gasteiger partial charge in [0, 0.05) is 6.42 Å². The summed E-state index contributed by atoms with van der Waals surface area (Å²) in [5.74, 6) is 0.505. The molecule has 1 saturated carbocycles. The Morgan fingerprint density at radius 2 is 2.27 bits per heavy atom. The van der Waals surface area contributed by atoms with Crippen LogP contribution in [0.3, 0.4) is 0 Å². The van der Waals surface area contributed by atoms with E-state index in [2.05, 4.69) is 14.8 Å². The highest BCUT2D eigenvalue weighted by Crippen LogP contribution is 2.40. The van der Waals surface area contributed by atoms with Crippen LogP contribution in [0.1, 0.15) is 45.4 Å². The third-order valence-electron chi connectivity index (χ3n) is 2.86. The van der Waals surface area contributed by atoms with Gasteiger partial charge >= 0.3 is 0 Å². The van der Waals surface area contributed by atoms with Crippen molar-refractivity contribution in [3.05, 3.63) is 0 Å². The van der Waals surface area contributed by atoms with Crippen LogP contribution in [-0.2, 0) is 4.79 Å². The van der Waals surface area contributed by atoms with Gasteiger partial charge in [0.05, 0.1) is 0 Å². The lowest BCUT2D eigenvalue weighted by molar-refractivity contribution is -0.123. The predicted molar refractivity (Wildman–Crippen MR) is 49.6 cm³/mol. The van der Waals surface area contributed by atoms with Crippen LogP contribution in [0.15, 0.2) is 0 Å². The minimum absolute atomic E-state index is 0.0486. The second-order valence-electron chi connectivity index (χ2n) is 3.94. The van der Waals surface area contributed by atoms with E-state index in [0.717, 1.165) is 32.1 Å². The quantitative estimate of drug-likeness (QED) is 0.550. The Morgan fingerprint density at radius 3 is 2.82 bits per heavy atom. The fourth-order valence-corrected chi connectivity index (χ4v) is 2.06. The summed E-state index contributed by atoms with van der Waals surface area (Å²) in [5, 5.41) is 0.0486. The van der Waals surface area contributed by atoms with Crippen molar-refractivity contribution in [1.82, 2.24) is 0 Å². The van der Waals surface area contributed by atoms with Crippen LogP contribution in [0.2, 0.25) is 5.31 Å². The molecule has 0 heterocycles. The summed E-state index contributed by atoms with van der Waals surface area (Å²) in [7, 11) is 2.14. The molecule has 0 aliphatic heterocycles. The van der Waals surface area contributed by atoms with Gasteiger partial charge in [0.2, 0.25) is 0 Å². The lowest BCUT2D eigenvalue weighted by Crippen LogP contribution is -2.27. The van der Waals surface area contributed by atoms with Crippen molar-refractivity contribution < 1.29 is 4.79 Å². The fourth-order valence-electron chi connectivity index (χ4n) is 2.06. The van der Waals surface area contributed by atoms with E-state index in [1.165, 1.54) is 6.42 Å². The Morgan fingerprint density at radius 1 is 1.55 bits per heavy atom. The maximum Gasteiger partial charge on any atom is 0.131 e. The first kappa shape index (κ1) is 8.83. The van der Waals surface area contributed by atoms with Gasteiger partial charge in [-0.1, -0.05) is 19.8 Å². The van der Waals surface area contributed by atoms with E-state index in [9.17, 15) is 4.79 Å². The number of hydrogen-bond acceptors (Lipinski definition) is 1. The fraction of sp³-hybridized carbons (Fsp3) is 0.889. The van der Waals surface area contributed by atoms with Crippen LogP contribution in [-0.4, -0.2) is 13.6 Å². The van der Waals surface area contributed by atoms with E-state index in [1.807, 2.05) is 0 Å². The summed E-state index contributed by atoms with van der Waals surface area (Å²) in [5.41, 5.74) is 0. The maximum absolute atomic E-state index is 11.5. The van der Waals surface area contributed by atoms with Crippen LogP contribution in [0, 0.1) is 0 Å². The third kappa shape index (κ3) is 1.85. The average molecular weight is 152 g/mol. The largest absolute Gasteiger partial charge is 0.300 e. The lowest BCUT2D eigenvalue weighted by Gasteiger charge is -2.31. The zero-order valence-corrected chi connectivity index (χ0v) is 7.65. The molecule has 0 amide bonds. The molecule has 62 valence electrons. The Kier molecular flexibility index (Phi) is 2.75. The molecule has 1 aliphatic rings. The molecule has 0 aromatic rings. The third-order valence-corrected chi connectivity index (χ3v) is 2.86. The first-order valence-electron chi connectivity index (χ1n) is 4.72. The summed E-state index contributed by atoms with van der Waals surface area (Å²) in [6, 6.07) is 0. The van der Waals surface area contributed by atoms with Gasteiger partial charge in [0.25, 0.3) is 0 Å². The van der Waals surface area contributed by atoms with E-state index in [4.69, 9.17) is 0 Å². The van der Waals surface area contributed by atoms with Crippen molar-refractivity contribution in [1.29, 1.82) is 0 Å². The van der Waals surface area contributed by atoms with E-state index in [-0.39, 0.29) is 5.31 Å². The number of rotatable bonds is 2. The van der Waals surface area contributed by atoms with Gasteiger partial charge in [-0.25, -0.2) is 0 Å². The average Bonchev–Trinajstić information content (AvgIpc) is 1.96. The first-order chi connectivity index (χ1) is 5.19. The van der Waals surface area contributed by atoms with Crippen molar-refractivity contribution in [3.63, 3.8) is 0 Å². The molecule has 0 spiro atoms. The second kappa shape index (κ2) is 3.42. The van der Waals surface area contributed by atoms with Crippen LogP contribution in [0.25, 0.3) is 0 Å². The number of Topliss-reactive ketones (excluding diaryl/α,β-unsaturated/α-hetero) is 1. The predicted octanol–water partition coefficient (Wildman–Crippen LogP) is 1.72. The highest BCUT2D eigenvalue weighted by molar-refractivity contribution is 6.28. The molecule has 0 saturated heterocycles. The Hall–Kier alpha value is -0.265. The van der Waals surface area contributed by atoms with Crippen molar-refractivity contribution in [2.45, 2.75) is 50.8 Å². The normalized spacial score (nSPS) is 32.3. The van der Waals surface area contributed by atoms with Crippen LogP contribution >= 0.6 is 0 Å². The Bertz CT molecular complexity index is 152. The van der Waals surface area contributed by atoms with Gasteiger partial charge < -0.3 is 0 Å². The summed E-state index contributed by atoms with van der Waals surface area (Å²) in [6.07, 6.45) is 6.56. The molecule has 2 heteroatoms. The summed E-state index contributed by atoms with van der Waals surface area (Å²) >= 11 is 0. The van der Waals surface area contributed by atoms with E-state index >= 15 is 0 Å². The van der Waals surface area contributed by atoms with Gasteiger partial charge in [-0.3, -0.25) is 4.79 Å². The summed E-state index contributed by atoms with van der Waals surface area (Å²) in [4.78, 5) is 11.5. The Balaban J connectivity index is 2.57. The highest BCUT2D eigenvalue weighted by atomic mass is 16.1. The summed E-state index contributed by atoms with van der Waals surface area (Å²) in [6.45, 7) is 2.16. The molecule has 1 rings (SSSR count). The molecule has 0 aromatic heterocycles. The van der Waals surface area contributed by atoms with Gasteiger partial charge in [0.1, 0.15) is 13.6 Å². The molecule has 1 aliphatic carbocycles. The minimum Gasteiger partial charge on any atom is -0.300 e. The maximum atomic E-state index is 11.5. The van der Waals surface area contributed by atoms with Crippen molar-refractivity contribution >= 4 is 13.6 Å². The van der Waals surface area contributed by atoms with Crippen molar-refractivity contribution in [2.75, 3.05) is 0 Å². The molecule has 1 fully saturated rings. The van der Waals surface area contributed by atoms with E-state index in [1.54, 1.807) is 0 Å².